The van der Waals surface area contributed by atoms with E-state index in [1.807, 2.05) is 4.90 Å². The van der Waals surface area contributed by atoms with Gasteiger partial charge in [-0.05, 0) is 25.7 Å². The highest BCUT2D eigenvalue weighted by atomic mass is 16.2. The van der Waals surface area contributed by atoms with Gasteiger partial charge in [0, 0.05) is 19.1 Å². The van der Waals surface area contributed by atoms with Gasteiger partial charge in [0.25, 0.3) is 0 Å². The largest absolute Gasteiger partial charge is 0.338 e. The summed E-state index contributed by atoms with van der Waals surface area (Å²) in [5.41, 5.74) is 5.54. The lowest BCUT2D eigenvalue weighted by Gasteiger charge is -2.33. The van der Waals surface area contributed by atoms with Gasteiger partial charge in [0.15, 0.2) is 0 Å². The average molecular weight is 235 g/mol. The first-order valence-electron chi connectivity index (χ1n) is 6.61. The number of carbonyl (C=O) groups is 1. The Bertz CT molecular complexity index is 324. The molecule has 2 aliphatic rings. The van der Waals surface area contributed by atoms with Crippen LogP contribution in [0.15, 0.2) is 0 Å². The van der Waals surface area contributed by atoms with Gasteiger partial charge in [-0.25, -0.2) is 0 Å². The van der Waals surface area contributed by atoms with E-state index in [4.69, 9.17) is 11.0 Å². The Hall–Kier alpha value is -1.08. The Labute approximate surface area is 103 Å². The third-order valence-corrected chi connectivity index (χ3v) is 4.12. The second-order valence-corrected chi connectivity index (χ2v) is 5.33. The normalized spacial score (nSPS) is 22.1. The van der Waals surface area contributed by atoms with Crippen molar-refractivity contribution in [2.24, 2.45) is 11.1 Å². The highest BCUT2D eigenvalue weighted by Crippen LogP contribution is 2.41. The van der Waals surface area contributed by atoms with Crippen molar-refractivity contribution in [3.05, 3.63) is 0 Å². The molecule has 0 aromatic rings. The minimum atomic E-state index is -0.307. The molecule has 17 heavy (non-hydrogen) atoms. The lowest BCUT2D eigenvalue weighted by Crippen LogP contribution is -2.47. The first-order chi connectivity index (χ1) is 8.23. The molecule has 4 nitrogen and oxygen atoms in total. The molecular weight excluding hydrogens is 214 g/mol. The van der Waals surface area contributed by atoms with E-state index in [-0.39, 0.29) is 11.3 Å². The third kappa shape index (κ3) is 2.44. The van der Waals surface area contributed by atoms with Gasteiger partial charge in [-0.2, -0.15) is 5.26 Å². The molecule has 0 spiro atoms. The van der Waals surface area contributed by atoms with E-state index in [0.717, 1.165) is 38.5 Å². The van der Waals surface area contributed by atoms with E-state index in [1.54, 1.807) is 0 Å². The minimum Gasteiger partial charge on any atom is -0.338 e. The smallest absolute Gasteiger partial charge is 0.230 e. The standard InChI is InChI=1S/C13H21N3O/c14-8-3-9-16(11-4-5-11)12(17)13(10-15)6-1-2-7-13/h11H,1-7,9-10,15H2. The quantitative estimate of drug-likeness (QED) is 0.783. The summed E-state index contributed by atoms with van der Waals surface area (Å²) in [5.74, 6) is 0.218. The van der Waals surface area contributed by atoms with Crippen molar-refractivity contribution >= 4 is 5.91 Å². The summed E-state index contributed by atoms with van der Waals surface area (Å²) in [7, 11) is 0. The van der Waals surface area contributed by atoms with Gasteiger partial charge >= 0.3 is 0 Å². The van der Waals surface area contributed by atoms with E-state index in [0.29, 0.717) is 25.6 Å². The second-order valence-electron chi connectivity index (χ2n) is 5.33. The van der Waals surface area contributed by atoms with E-state index < -0.39 is 0 Å². The maximum absolute atomic E-state index is 12.6. The molecule has 2 N–H and O–H groups in total. The van der Waals surface area contributed by atoms with Crippen LogP contribution in [-0.2, 0) is 4.79 Å². The highest BCUT2D eigenvalue weighted by molar-refractivity contribution is 5.84. The van der Waals surface area contributed by atoms with Gasteiger partial charge in [0.2, 0.25) is 5.91 Å². The van der Waals surface area contributed by atoms with Crippen molar-refractivity contribution in [3.8, 4) is 6.07 Å². The molecule has 0 aromatic carbocycles. The first kappa shape index (κ1) is 12.4. The van der Waals surface area contributed by atoms with Gasteiger partial charge in [-0.3, -0.25) is 4.79 Å². The summed E-state index contributed by atoms with van der Waals surface area (Å²) in [5, 5.41) is 8.67. The first-order valence-corrected chi connectivity index (χ1v) is 6.61. The van der Waals surface area contributed by atoms with Gasteiger partial charge in [-0.1, -0.05) is 12.8 Å². The van der Waals surface area contributed by atoms with E-state index in [9.17, 15) is 4.79 Å². The monoisotopic (exact) mass is 235 g/mol. The van der Waals surface area contributed by atoms with Crippen LogP contribution < -0.4 is 5.73 Å². The summed E-state index contributed by atoms with van der Waals surface area (Å²) in [6.07, 6.45) is 6.70. The fraction of sp³-hybridized carbons (Fsp3) is 0.846. The fourth-order valence-corrected chi connectivity index (χ4v) is 2.87. The highest BCUT2D eigenvalue weighted by Gasteiger charge is 2.45. The summed E-state index contributed by atoms with van der Waals surface area (Å²) >= 11 is 0. The van der Waals surface area contributed by atoms with Crippen LogP contribution >= 0.6 is 0 Å². The van der Waals surface area contributed by atoms with Crippen LogP contribution in [-0.4, -0.2) is 29.9 Å². The van der Waals surface area contributed by atoms with Crippen LogP contribution in [0.3, 0.4) is 0 Å². The third-order valence-electron chi connectivity index (χ3n) is 4.12. The number of hydrogen-bond donors (Lipinski definition) is 1. The van der Waals surface area contributed by atoms with Gasteiger partial charge in [0.05, 0.1) is 17.9 Å². The van der Waals surface area contributed by atoms with Crippen LogP contribution in [0, 0.1) is 16.7 Å². The predicted molar refractivity (Wildman–Crippen MR) is 64.9 cm³/mol. The Balaban J connectivity index is 2.06. The molecule has 0 heterocycles. The van der Waals surface area contributed by atoms with Crippen LogP contribution in [0.4, 0.5) is 0 Å². The number of amides is 1. The second kappa shape index (κ2) is 5.05. The van der Waals surface area contributed by atoms with Crippen LogP contribution in [0.1, 0.15) is 44.9 Å². The Kier molecular flexibility index (Phi) is 3.68. The molecule has 0 radical (unpaired) electrons. The number of nitrogens with zero attached hydrogens (tertiary/aromatic N) is 2. The molecule has 94 valence electrons. The minimum absolute atomic E-state index is 0.218. The topological polar surface area (TPSA) is 70.1 Å². The molecule has 0 saturated heterocycles. The number of nitrogens with two attached hydrogens (primary N) is 1. The Morgan fingerprint density at radius 1 is 1.41 bits per heavy atom. The molecule has 0 bridgehead atoms. The maximum atomic E-state index is 12.6. The molecule has 2 aliphatic carbocycles. The lowest BCUT2D eigenvalue weighted by atomic mass is 9.84. The van der Waals surface area contributed by atoms with Gasteiger partial charge < -0.3 is 10.6 Å². The van der Waals surface area contributed by atoms with Crippen molar-refractivity contribution in [2.75, 3.05) is 13.1 Å². The molecule has 4 heteroatoms. The molecule has 2 saturated carbocycles. The zero-order chi connectivity index (χ0) is 12.3. The summed E-state index contributed by atoms with van der Waals surface area (Å²) in [6, 6.07) is 2.52. The van der Waals surface area contributed by atoms with Crippen molar-refractivity contribution < 1.29 is 4.79 Å². The number of rotatable bonds is 5. The van der Waals surface area contributed by atoms with Crippen molar-refractivity contribution in [1.29, 1.82) is 5.26 Å². The van der Waals surface area contributed by atoms with Crippen LogP contribution in [0.5, 0.6) is 0 Å². The van der Waals surface area contributed by atoms with Crippen molar-refractivity contribution in [1.82, 2.24) is 4.90 Å². The molecule has 1 amide bonds. The number of nitriles is 1. The SMILES string of the molecule is N#CCCN(C(=O)C1(CN)CCCC1)C1CC1. The van der Waals surface area contributed by atoms with E-state index >= 15 is 0 Å². The zero-order valence-corrected chi connectivity index (χ0v) is 10.3. The van der Waals surface area contributed by atoms with E-state index in [2.05, 4.69) is 6.07 Å². The number of hydrogen-bond acceptors (Lipinski definition) is 3. The molecular formula is C13H21N3O. The molecule has 0 aromatic heterocycles. The van der Waals surface area contributed by atoms with Crippen molar-refractivity contribution in [2.45, 2.75) is 51.0 Å². The fourth-order valence-electron chi connectivity index (χ4n) is 2.87. The molecule has 2 rings (SSSR count). The summed E-state index contributed by atoms with van der Waals surface area (Å²) in [4.78, 5) is 14.6. The van der Waals surface area contributed by atoms with Gasteiger partial charge in [-0.15, -0.1) is 0 Å². The molecule has 0 unspecified atom stereocenters. The maximum Gasteiger partial charge on any atom is 0.230 e. The lowest BCUT2D eigenvalue weighted by molar-refractivity contribution is -0.142. The van der Waals surface area contributed by atoms with Crippen LogP contribution in [0.25, 0.3) is 0 Å². The molecule has 0 aliphatic heterocycles. The predicted octanol–water partition coefficient (Wildman–Crippen LogP) is 1.41. The average Bonchev–Trinajstić information content (AvgIpc) is 3.07. The molecule has 2 fully saturated rings. The number of carbonyl (C=O) groups excluding carboxylic acids is 1. The van der Waals surface area contributed by atoms with Crippen molar-refractivity contribution in [3.63, 3.8) is 0 Å². The summed E-state index contributed by atoms with van der Waals surface area (Å²) < 4.78 is 0. The molecule has 0 atom stereocenters. The van der Waals surface area contributed by atoms with Crippen LogP contribution in [0.2, 0.25) is 0 Å². The van der Waals surface area contributed by atoms with Gasteiger partial charge in [0.1, 0.15) is 0 Å². The van der Waals surface area contributed by atoms with E-state index in [1.165, 1.54) is 0 Å². The summed E-state index contributed by atoms with van der Waals surface area (Å²) in [6.45, 7) is 1.04. The Morgan fingerprint density at radius 3 is 2.53 bits per heavy atom. The Morgan fingerprint density at radius 2 is 2.06 bits per heavy atom. The zero-order valence-electron chi connectivity index (χ0n) is 10.3.